The largest absolute Gasteiger partial charge is 0.385 e. The van der Waals surface area contributed by atoms with Crippen molar-refractivity contribution in [2.24, 2.45) is 0 Å². The minimum absolute atomic E-state index is 0.0855. The molecule has 6 heteroatoms. The number of nitrogens with zero attached hydrogens (tertiary/aromatic N) is 2. The van der Waals surface area contributed by atoms with Crippen LogP contribution in [-0.4, -0.2) is 64.5 Å². The average Bonchev–Trinajstić information content (AvgIpc) is 2.65. The number of amides is 2. The van der Waals surface area contributed by atoms with E-state index in [0.29, 0.717) is 26.3 Å². The molecule has 2 rings (SSSR count). The molecule has 1 saturated heterocycles. The van der Waals surface area contributed by atoms with Gasteiger partial charge >= 0.3 is 6.03 Å². The Kier molecular flexibility index (Phi) is 8.55. The van der Waals surface area contributed by atoms with Gasteiger partial charge in [-0.3, -0.25) is 0 Å². The molecule has 1 aromatic rings. The molecule has 0 spiro atoms. The van der Waals surface area contributed by atoms with E-state index in [1.807, 2.05) is 18.2 Å². The molecule has 1 N–H and O–H groups in total. The number of urea groups is 1. The maximum absolute atomic E-state index is 12.7. The summed E-state index contributed by atoms with van der Waals surface area (Å²) in [5.41, 5.74) is 1.99. The average molecular weight is 349 g/mol. The van der Waals surface area contributed by atoms with Crippen LogP contribution in [-0.2, 0) is 9.47 Å². The first-order valence-electron chi connectivity index (χ1n) is 9.14. The van der Waals surface area contributed by atoms with Crippen LogP contribution in [0.15, 0.2) is 24.3 Å². The number of carbonyl (C=O) groups excluding carboxylic acids is 1. The summed E-state index contributed by atoms with van der Waals surface area (Å²) in [6.07, 6.45) is 4.51. The molecule has 0 radical (unpaired) electrons. The fourth-order valence-corrected chi connectivity index (χ4v) is 3.10. The van der Waals surface area contributed by atoms with Crippen molar-refractivity contribution < 1.29 is 14.3 Å². The molecule has 0 unspecified atom stereocenters. The summed E-state index contributed by atoms with van der Waals surface area (Å²) >= 11 is 0. The third kappa shape index (κ3) is 6.21. The SMILES string of the molecule is COCCCN(CCOC)C(=O)Nc1ccccc1N1CCCCC1. The third-order valence-electron chi connectivity index (χ3n) is 4.47. The van der Waals surface area contributed by atoms with Crippen LogP contribution in [0.4, 0.5) is 16.2 Å². The van der Waals surface area contributed by atoms with Crippen LogP contribution < -0.4 is 10.2 Å². The van der Waals surface area contributed by atoms with Crippen molar-refractivity contribution in [1.29, 1.82) is 0 Å². The van der Waals surface area contributed by atoms with E-state index < -0.39 is 0 Å². The lowest BCUT2D eigenvalue weighted by molar-refractivity contribution is 0.143. The van der Waals surface area contributed by atoms with E-state index in [1.54, 1.807) is 19.1 Å². The van der Waals surface area contributed by atoms with Gasteiger partial charge in [-0.05, 0) is 37.8 Å². The number of carbonyl (C=O) groups is 1. The lowest BCUT2D eigenvalue weighted by atomic mass is 10.1. The highest BCUT2D eigenvalue weighted by atomic mass is 16.5. The summed E-state index contributed by atoms with van der Waals surface area (Å²) in [6.45, 7) is 4.48. The minimum Gasteiger partial charge on any atom is -0.385 e. The van der Waals surface area contributed by atoms with Crippen LogP contribution in [0.5, 0.6) is 0 Å². The molecule has 25 heavy (non-hydrogen) atoms. The maximum Gasteiger partial charge on any atom is 0.321 e. The molecule has 6 nitrogen and oxygen atoms in total. The highest BCUT2D eigenvalue weighted by Crippen LogP contribution is 2.28. The van der Waals surface area contributed by atoms with Crippen molar-refractivity contribution in [2.75, 3.05) is 63.8 Å². The van der Waals surface area contributed by atoms with Crippen LogP contribution in [0, 0.1) is 0 Å². The molecule has 0 saturated carbocycles. The molecule has 0 bridgehead atoms. The zero-order valence-electron chi connectivity index (χ0n) is 15.5. The summed E-state index contributed by atoms with van der Waals surface area (Å²) in [6, 6.07) is 7.98. The summed E-state index contributed by atoms with van der Waals surface area (Å²) in [5, 5.41) is 3.09. The summed E-state index contributed by atoms with van der Waals surface area (Å²) in [4.78, 5) is 16.9. The first-order chi connectivity index (χ1) is 12.3. The third-order valence-corrected chi connectivity index (χ3v) is 4.47. The zero-order valence-corrected chi connectivity index (χ0v) is 15.5. The zero-order chi connectivity index (χ0) is 17.9. The number of hydrogen-bond donors (Lipinski definition) is 1. The topological polar surface area (TPSA) is 54.0 Å². The summed E-state index contributed by atoms with van der Waals surface area (Å²) < 4.78 is 10.2. The Morgan fingerprint density at radius 2 is 1.80 bits per heavy atom. The number of piperidine rings is 1. The Hall–Kier alpha value is -1.79. The normalized spacial score (nSPS) is 14.4. The fraction of sp³-hybridized carbons (Fsp3) is 0.632. The molecule has 1 aliphatic heterocycles. The van der Waals surface area contributed by atoms with Gasteiger partial charge in [-0.25, -0.2) is 4.79 Å². The van der Waals surface area contributed by atoms with Gasteiger partial charge in [0.15, 0.2) is 0 Å². The Bertz CT molecular complexity index is 518. The molecule has 140 valence electrons. The first-order valence-corrected chi connectivity index (χ1v) is 9.14. The van der Waals surface area contributed by atoms with E-state index in [4.69, 9.17) is 9.47 Å². The fourth-order valence-electron chi connectivity index (χ4n) is 3.10. The number of ether oxygens (including phenoxy) is 2. The summed E-state index contributed by atoms with van der Waals surface area (Å²) in [7, 11) is 3.32. The Morgan fingerprint density at radius 1 is 1.08 bits per heavy atom. The van der Waals surface area contributed by atoms with Crippen LogP contribution in [0.3, 0.4) is 0 Å². The van der Waals surface area contributed by atoms with Crippen molar-refractivity contribution in [1.82, 2.24) is 4.90 Å². The molecule has 2 amide bonds. The quantitative estimate of drug-likeness (QED) is 0.696. The molecule has 1 fully saturated rings. The number of benzene rings is 1. The second-order valence-corrected chi connectivity index (χ2v) is 6.32. The molecule has 0 aromatic heterocycles. The van der Waals surface area contributed by atoms with Gasteiger partial charge in [-0.15, -0.1) is 0 Å². The van der Waals surface area contributed by atoms with Gasteiger partial charge in [0.25, 0.3) is 0 Å². The lowest BCUT2D eigenvalue weighted by Gasteiger charge is -2.31. The Balaban J connectivity index is 2.03. The molecule has 1 aliphatic rings. The minimum atomic E-state index is -0.0855. The number of rotatable bonds is 9. The van der Waals surface area contributed by atoms with Gasteiger partial charge in [-0.2, -0.15) is 0 Å². The van der Waals surface area contributed by atoms with Gasteiger partial charge in [0.05, 0.1) is 18.0 Å². The van der Waals surface area contributed by atoms with E-state index in [9.17, 15) is 4.79 Å². The number of methoxy groups -OCH3 is 2. The van der Waals surface area contributed by atoms with E-state index >= 15 is 0 Å². The Labute approximate surface area is 151 Å². The number of nitrogens with one attached hydrogen (secondary N) is 1. The predicted octanol–water partition coefficient (Wildman–Crippen LogP) is 3.19. The van der Waals surface area contributed by atoms with E-state index in [-0.39, 0.29) is 6.03 Å². The van der Waals surface area contributed by atoms with Crippen LogP contribution in [0.2, 0.25) is 0 Å². The highest BCUT2D eigenvalue weighted by molar-refractivity contribution is 5.93. The highest BCUT2D eigenvalue weighted by Gasteiger charge is 2.18. The smallest absolute Gasteiger partial charge is 0.321 e. The van der Waals surface area contributed by atoms with Gasteiger partial charge in [-0.1, -0.05) is 12.1 Å². The van der Waals surface area contributed by atoms with Crippen LogP contribution in [0.1, 0.15) is 25.7 Å². The van der Waals surface area contributed by atoms with Crippen molar-refractivity contribution >= 4 is 17.4 Å². The molecular formula is C19H31N3O3. The van der Waals surface area contributed by atoms with Gasteiger partial charge in [0.2, 0.25) is 0 Å². The monoisotopic (exact) mass is 349 g/mol. The molecule has 0 atom stereocenters. The number of hydrogen-bond acceptors (Lipinski definition) is 4. The van der Waals surface area contributed by atoms with Gasteiger partial charge in [0.1, 0.15) is 0 Å². The van der Waals surface area contributed by atoms with Crippen molar-refractivity contribution in [2.45, 2.75) is 25.7 Å². The number of anilines is 2. The predicted molar refractivity (Wildman–Crippen MR) is 101 cm³/mol. The summed E-state index contributed by atoms with van der Waals surface area (Å²) in [5.74, 6) is 0. The first kappa shape index (κ1) is 19.5. The van der Waals surface area contributed by atoms with Crippen LogP contribution >= 0.6 is 0 Å². The van der Waals surface area contributed by atoms with Crippen LogP contribution in [0.25, 0.3) is 0 Å². The van der Waals surface area contributed by atoms with E-state index in [2.05, 4.69) is 16.3 Å². The standard InChI is InChI=1S/C19H31N3O3/c1-24-15-8-13-22(14-16-25-2)19(23)20-17-9-4-5-10-18(17)21-11-6-3-7-12-21/h4-5,9-10H,3,6-8,11-16H2,1-2H3,(H,20,23). The lowest BCUT2D eigenvalue weighted by Crippen LogP contribution is -2.39. The van der Waals surface area contributed by atoms with Crippen molar-refractivity contribution in [3.8, 4) is 0 Å². The molecule has 1 aromatic carbocycles. The Morgan fingerprint density at radius 3 is 2.52 bits per heavy atom. The molecule has 1 heterocycles. The number of para-hydroxylation sites is 2. The van der Waals surface area contributed by atoms with Crippen molar-refractivity contribution in [3.63, 3.8) is 0 Å². The van der Waals surface area contributed by atoms with Gasteiger partial charge in [0, 0.05) is 47.0 Å². The maximum atomic E-state index is 12.7. The second-order valence-electron chi connectivity index (χ2n) is 6.32. The van der Waals surface area contributed by atoms with E-state index in [1.165, 1.54) is 19.3 Å². The molecular weight excluding hydrogens is 318 g/mol. The van der Waals surface area contributed by atoms with Crippen molar-refractivity contribution in [3.05, 3.63) is 24.3 Å². The van der Waals surface area contributed by atoms with Gasteiger partial charge < -0.3 is 24.6 Å². The molecule has 0 aliphatic carbocycles. The van der Waals surface area contributed by atoms with E-state index in [0.717, 1.165) is 30.9 Å². The second kappa shape index (κ2) is 10.9.